The van der Waals surface area contributed by atoms with E-state index in [2.05, 4.69) is 0 Å². The van der Waals surface area contributed by atoms with Gasteiger partial charge in [-0.05, 0) is 13.3 Å². The van der Waals surface area contributed by atoms with Gasteiger partial charge < -0.3 is 10.8 Å². The molecule has 2 atom stereocenters. The van der Waals surface area contributed by atoms with Crippen LogP contribution in [0.3, 0.4) is 0 Å². The molecule has 0 saturated heterocycles. The summed E-state index contributed by atoms with van der Waals surface area (Å²) in [5, 5.41) is 8.78. The van der Waals surface area contributed by atoms with Crippen LogP contribution in [0.15, 0.2) is 0 Å². The maximum atomic E-state index is 11.0. The van der Waals surface area contributed by atoms with Gasteiger partial charge in [0, 0.05) is 6.04 Å². The van der Waals surface area contributed by atoms with Crippen molar-refractivity contribution in [3.63, 3.8) is 0 Å². The lowest BCUT2D eigenvalue weighted by Crippen LogP contribution is -2.33. The molecule has 0 aliphatic rings. The summed E-state index contributed by atoms with van der Waals surface area (Å²) in [5.41, 5.74) is 4.10. The van der Waals surface area contributed by atoms with Gasteiger partial charge in [-0.1, -0.05) is 6.92 Å². The third-order valence-electron chi connectivity index (χ3n) is 1.49. The van der Waals surface area contributed by atoms with E-state index in [-0.39, 0.29) is 11.8 Å². The SMILES string of the molecule is CCC(N)CS(=O)(=O)C(C)O. The number of hydrogen-bond acceptors (Lipinski definition) is 4. The summed E-state index contributed by atoms with van der Waals surface area (Å²) < 4.78 is 21.9. The monoisotopic (exact) mass is 181 g/mol. The fourth-order valence-corrected chi connectivity index (χ4v) is 1.67. The lowest BCUT2D eigenvalue weighted by atomic mass is 10.3. The van der Waals surface area contributed by atoms with E-state index < -0.39 is 15.3 Å². The highest BCUT2D eigenvalue weighted by molar-refractivity contribution is 7.91. The molecule has 0 bridgehead atoms. The van der Waals surface area contributed by atoms with E-state index in [0.717, 1.165) is 0 Å². The minimum absolute atomic E-state index is 0.138. The van der Waals surface area contributed by atoms with Gasteiger partial charge >= 0.3 is 0 Å². The number of hydrogen-bond donors (Lipinski definition) is 2. The molecule has 0 heterocycles. The minimum atomic E-state index is -3.38. The molecular weight excluding hydrogens is 166 g/mol. The Morgan fingerprint density at radius 2 is 2.00 bits per heavy atom. The first-order chi connectivity index (χ1) is 4.90. The summed E-state index contributed by atoms with van der Waals surface area (Å²) in [7, 11) is -3.38. The lowest BCUT2D eigenvalue weighted by Gasteiger charge is -2.10. The number of aliphatic hydroxyl groups is 1. The lowest BCUT2D eigenvalue weighted by molar-refractivity contribution is 0.268. The third kappa shape index (κ3) is 3.69. The second-order valence-electron chi connectivity index (χ2n) is 2.60. The molecule has 0 aromatic rings. The number of aliphatic hydroxyl groups excluding tert-OH is 1. The van der Waals surface area contributed by atoms with E-state index in [0.29, 0.717) is 6.42 Å². The second-order valence-corrected chi connectivity index (χ2v) is 4.94. The topological polar surface area (TPSA) is 80.4 Å². The van der Waals surface area contributed by atoms with Crippen LogP contribution in [0, 0.1) is 0 Å². The van der Waals surface area contributed by atoms with Gasteiger partial charge in [0.15, 0.2) is 15.3 Å². The first-order valence-corrected chi connectivity index (χ1v) is 5.27. The van der Waals surface area contributed by atoms with Crippen molar-refractivity contribution in [2.24, 2.45) is 5.73 Å². The molecule has 0 aliphatic heterocycles. The Balaban J connectivity index is 4.15. The molecule has 11 heavy (non-hydrogen) atoms. The fraction of sp³-hybridized carbons (Fsp3) is 1.00. The minimum Gasteiger partial charge on any atom is -0.377 e. The Kier molecular flexibility index (Phi) is 3.99. The zero-order valence-corrected chi connectivity index (χ0v) is 7.63. The third-order valence-corrected chi connectivity index (χ3v) is 3.42. The average Bonchev–Trinajstić information content (AvgIpc) is 1.86. The van der Waals surface area contributed by atoms with Gasteiger partial charge in [-0.15, -0.1) is 0 Å². The molecule has 4 nitrogen and oxygen atoms in total. The van der Waals surface area contributed by atoms with Gasteiger partial charge in [0.05, 0.1) is 5.75 Å². The van der Waals surface area contributed by atoms with Crippen molar-refractivity contribution in [2.45, 2.75) is 31.7 Å². The van der Waals surface area contributed by atoms with E-state index in [1.165, 1.54) is 6.92 Å². The molecule has 0 aromatic heterocycles. The van der Waals surface area contributed by atoms with Crippen molar-refractivity contribution >= 4 is 9.84 Å². The molecule has 0 saturated carbocycles. The van der Waals surface area contributed by atoms with Crippen molar-refractivity contribution in [3.05, 3.63) is 0 Å². The maximum Gasteiger partial charge on any atom is 0.178 e. The molecule has 68 valence electrons. The van der Waals surface area contributed by atoms with Crippen LogP contribution >= 0.6 is 0 Å². The van der Waals surface area contributed by atoms with Crippen molar-refractivity contribution < 1.29 is 13.5 Å². The van der Waals surface area contributed by atoms with E-state index in [1.54, 1.807) is 0 Å². The molecule has 0 fully saturated rings. The van der Waals surface area contributed by atoms with E-state index >= 15 is 0 Å². The zero-order chi connectivity index (χ0) is 9.07. The van der Waals surface area contributed by atoms with Crippen LogP contribution in [0.4, 0.5) is 0 Å². The molecule has 0 radical (unpaired) electrons. The molecule has 2 unspecified atom stereocenters. The average molecular weight is 181 g/mol. The summed E-state index contributed by atoms with van der Waals surface area (Å²) in [4.78, 5) is 0. The summed E-state index contributed by atoms with van der Waals surface area (Å²) in [6, 6.07) is -0.366. The van der Waals surface area contributed by atoms with Gasteiger partial charge in [0.1, 0.15) is 0 Å². The molecule has 3 N–H and O–H groups in total. The highest BCUT2D eigenvalue weighted by Gasteiger charge is 2.20. The molecular formula is C6H15NO3S. The summed E-state index contributed by atoms with van der Waals surface area (Å²) in [6.07, 6.45) is 0.603. The predicted molar refractivity (Wildman–Crippen MR) is 43.7 cm³/mol. The number of sulfone groups is 1. The van der Waals surface area contributed by atoms with Crippen LogP contribution in [0.5, 0.6) is 0 Å². The van der Waals surface area contributed by atoms with Gasteiger partial charge in [0.2, 0.25) is 0 Å². The van der Waals surface area contributed by atoms with Crippen LogP contribution in [0.2, 0.25) is 0 Å². The van der Waals surface area contributed by atoms with E-state index in [1.807, 2.05) is 6.92 Å². The Labute approximate surface area is 67.3 Å². The molecule has 0 spiro atoms. The van der Waals surface area contributed by atoms with Crippen molar-refractivity contribution in [2.75, 3.05) is 5.75 Å². The van der Waals surface area contributed by atoms with Crippen LogP contribution in [0.25, 0.3) is 0 Å². The van der Waals surface area contributed by atoms with Gasteiger partial charge in [-0.2, -0.15) is 0 Å². The Bertz CT molecular complexity index is 198. The molecule has 0 rings (SSSR count). The van der Waals surface area contributed by atoms with Crippen molar-refractivity contribution in [1.29, 1.82) is 0 Å². The van der Waals surface area contributed by atoms with Gasteiger partial charge in [0.25, 0.3) is 0 Å². The van der Waals surface area contributed by atoms with Crippen LogP contribution in [-0.2, 0) is 9.84 Å². The van der Waals surface area contributed by atoms with Gasteiger partial charge in [-0.3, -0.25) is 0 Å². The number of nitrogens with two attached hydrogens (primary N) is 1. The first-order valence-electron chi connectivity index (χ1n) is 3.55. The van der Waals surface area contributed by atoms with E-state index in [9.17, 15) is 8.42 Å². The maximum absolute atomic E-state index is 11.0. The predicted octanol–water partition coefficient (Wildman–Crippen LogP) is -0.523. The van der Waals surface area contributed by atoms with Crippen molar-refractivity contribution in [1.82, 2.24) is 0 Å². The van der Waals surface area contributed by atoms with Crippen molar-refractivity contribution in [3.8, 4) is 0 Å². The Morgan fingerprint density at radius 1 is 1.55 bits per heavy atom. The van der Waals surface area contributed by atoms with Crippen LogP contribution in [0.1, 0.15) is 20.3 Å². The fourth-order valence-electron chi connectivity index (χ4n) is 0.555. The normalized spacial score (nSPS) is 17.8. The highest BCUT2D eigenvalue weighted by Crippen LogP contribution is 2.01. The largest absolute Gasteiger partial charge is 0.377 e. The van der Waals surface area contributed by atoms with Crippen LogP contribution in [-0.4, -0.2) is 30.8 Å². The van der Waals surface area contributed by atoms with Crippen LogP contribution < -0.4 is 5.73 Å². The Morgan fingerprint density at radius 3 is 2.27 bits per heavy atom. The molecule has 0 aliphatic carbocycles. The smallest absolute Gasteiger partial charge is 0.178 e. The number of rotatable bonds is 4. The Hall–Kier alpha value is -0.130. The first kappa shape index (κ1) is 10.9. The highest BCUT2D eigenvalue weighted by atomic mass is 32.2. The molecule has 0 amide bonds. The summed E-state index contributed by atoms with van der Waals surface area (Å²) in [6.45, 7) is 3.04. The van der Waals surface area contributed by atoms with E-state index in [4.69, 9.17) is 10.8 Å². The quantitative estimate of drug-likeness (QED) is 0.611. The molecule has 0 aromatic carbocycles. The molecule has 5 heteroatoms. The second kappa shape index (κ2) is 4.04. The van der Waals surface area contributed by atoms with Gasteiger partial charge in [-0.25, -0.2) is 8.42 Å². The standard InChI is InChI=1S/C6H15NO3S/c1-3-6(7)4-11(9,10)5(2)8/h5-6,8H,3-4,7H2,1-2H3. The summed E-state index contributed by atoms with van der Waals surface area (Å²) in [5.74, 6) is -0.138. The summed E-state index contributed by atoms with van der Waals surface area (Å²) >= 11 is 0. The zero-order valence-electron chi connectivity index (χ0n) is 6.82.